The molecule has 0 bridgehead atoms. The van der Waals surface area contributed by atoms with E-state index in [-0.39, 0.29) is 17.7 Å². The number of anilines is 1. The summed E-state index contributed by atoms with van der Waals surface area (Å²) in [6, 6.07) is 13.9. The summed E-state index contributed by atoms with van der Waals surface area (Å²) in [5.74, 6) is -0.291. The van der Waals surface area contributed by atoms with Gasteiger partial charge in [0.05, 0.1) is 23.6 Å². The highest BCUT2D eigenvalue weighted by molar-refractivity contribution is 5.79. The Bertz CT molecular complexity index is 1290. The minimum atomic E-state index is -0.634. The van der Waals surface area contributed by atoms with Crippen LogP contribution in [0.5, 0.6) is 0 Å². The van der Waals surface area contributed by atoms with Crippen LogP contribution >= 0.6 is 0 Å². The van der Waals surface area contributed by atoms with Crippen LogP contribution in [0.3, 0.4) is 0 Å². The van der Waals surface area contributed by atoms with Gasteiger partial charge in [-0.25, -0.2) is 9.37 Å². The monoisotopic (exact) mass is 461 g/mol. The first kappa shape index (κ1) is 23.6. The second-order valence-electron chi connectivity index (χ2n) is 8.84. The Morgan fingerprint density at radius 2 is 1.79 bits per heavy atom. The lowest BCUT2D eigenvalue weighted by Crippen LogP contribution is -2.44. The molecule has 2 aromatic carbocycles. The van der Waals surface area contributed by atoms with Gasteiger partial charge in [-0.3, -0.25) is 4.79 Å². The van der Waals surface area contributed by atoms with E-state index < -0.39 is 5.82 Å². The van der Waals surface area contributed by atoms with E-state index in [0.717, 1.165) is 24.0 Å². The number of nitrogens with zero attached hydrogens (tertiary/aromatic N) is 5. The smallest absolute Gasteiger partial charge is 0.293 e. The molecule has 1 fully saturated rings. The van der Waals surface area contributed by atoms with E-state index in [1.54, 1.807) is 29.8 Å². The number of hydrogen-bond acceptors (Lipinski definition) is 6. The second kappa shape index (κ2) is 9.75. The van der Waals surface area contributed by atoms with Crippen LogP contribution in [0.2, 0.25) is 0 Å². The molecule has 0 aliphatic carbocycles. The van der Waals surface area contributed by atoms with E-state index >= 15 is 0 Å². The fourth-order valence-corrected chi connectivity index (χ4v) is 4.47. The molecule has 8 heteroatoms. The normalized spacial score (nSPS) is 14.4. The number of aromatic nitrogens is 2. The van der Waals surface area contributed by atoms with Gasteiger partial charge in [-0.2, -0.15) is 5.26 Å². The van der Waals surface area contributed by atoms with Gasteiger partial charge in [0.15, 0.2) is 5.82 Å². The third kappa shape index (κ3) is 4.45. The van der Waals surface area contributed by atoms with Gasteiger partial charge in [0.1, 0.15) is 11.9 Å². The minimum absolute atomic E-state index is 0.0478. The second-order valence-corrected chi connectivity index (χ2v) is 8.84. The Morgan fingerprint density at radius 1 is 1.15 bits per heavy atom. The van der Waals surface area contributed by atoms with Crippen LogP contribution in [-0.4, -0.2) is 52.8 Å². The number of nitriles is 1. The molecule has 0 saturated carbocycles. The Hall–Kier alpha value is -3.54. The summed E-state index contributed by atoms with van der Waals surface area (Å²) in [5.41, 5.74) is 2.70. The zero-order valence-electron chi connectivity index (χ0n) is 19.6. The SMILES string of the molecule is CN(C)C1CCN(c2nc(-c3ccc(C#N)c(F)c3)c(-c3ccc(CO)cc3)n(C)c2=O)CC1. The predicted molar refractivity (Wildman–Crippen MR) is 130 cm³/mol. The van der Waals surface area contributed by atoms with Crippen LogP contribution in [0.4, 0.5) is 10.2 Å². The van der Waals surface area contributed by atoms with Crippen molar-refractivity contribution < 1.29 is 9.50 Å². The summed E-state index contributed by atoms with van der Waals surface area (Å²) < 4.78 is 16.1. The molecule has 0 unspecified atom stereocenters. The molecule has 1 aromatic heterocycles. The largest absolute Gasteiger partial charge is 0.392 e. The van der Waals surface area contributed by atoms with Crippen molar-refractivity contribution in [3.63, 3.8) is 0 Å². The molecule has 7 nitrogen and oxygen atoms in total. The number of benzene rings is 2. The van der Waals surface area contributed by atoms with Crippen molar-refractivity contribution in [1.29, 1.82) is 5.26 Å². The van der Waals surface area contributed by atoms with Gasteiger partial charge in [-0.15, -0.1) is 0 Å². The predicted octanol–water partition coefficient (Wildman–Crippen LogP) is 3.15. The molecule has 176 valence electrons. The fraction of sp³-hybridized carbons (Fsp3) is 0.346. The van der Waals surface area contributed by atoms with Crippen LogP contribution < -0.4 is 10.5 Å². The van der Waals surface area contributed by atoms with Crippen LogP contribution in [0.1, 0.15) is 24.0 Å². The van der Waals surface area contributed by atoms with Crippen molar-refractivity contribution in [1.82, 2.24) is 14.5 Å². The van der Waals surface area contributed by atoms with E-state index in [9.17, 15) is 14.3 Å². The van der Waals surface area contributed by atoms with E-state index in [2.05, 4.69) is 19.0 Å². The molecule has 3 aromatic rings. The molecule has 34 heavy (non-hydrogen) atoms. The lowest BCUT2D eigenvalue weighted by Gasteiger charge is -2.35. The average molecular weight is 462 g/mol. The first-order valence-electron chi connectivity index (χ1n) is 11.3. The van der Waals surface area contributed by atoms with E-state index in [0.29, 0.717) is 41.9 Å². The van der Waals surface area contributed by atoms with Crippen LogP contribution in [0, 0.1) is 17.1 Å². The van der Waals surface area contributed by atoms with Crippen molar-refractivity contribution in [2.24, 2.45) is 7.05 Å². The Labute approximate surface area is 198 Å². The van der Waals surface area contributed by atoms with Gasteiger partial charge >= 0.3 is 0 Å². The van der Waals surface area contributed by atoms with Crippen LogP contribution in [0.25, 0.3) is 22.5 Å². The molecule has 1 aliphatic heterocycles. The van der Waals surface area contributed by atoms with Crippen molar-refractivity contribution in [2.45, 2.75) is 25.5 Å². The van der Waals surface area contributed by atoms with Gasteiger partial charge in [-0.1, -0.05) is 30.3 Å². The summed E-state index contributed by atoms with van der Waals surface area (Å²) in [6.45, 7) is 1.32. The summed E-state index contributed by atoms with van der Waals surface area (Å²) in [6.07, 6.45) is 1.84. The molecule has 1 saturated heterocycles. The van der Waals surface area contributed by atoms with Gasteiger partial charge in [0, 0.05) is 37.3 Å². The third-order valence-electron chi connectivity index (χ3n) is 6.54. The summed E-state index contributed by atoms with van der Waals surface area (Å²) >= 11 is 0. The number of halogens is 1. The third-order valence-corrected chi connectivity index (χ3v) is 6.54. The van der Waals surface area contributed by atoms with Crippen molar-refractivity contribution in [3.05, 3.63) is 69.8 Å². The number of hydrogen-bond donors (Lipinski definition) is 1. The van der Waals surface area contributed by atoms with Gasteiger partial charge in [0.25, 0.3) is 5.56 Å². The molecule has 1 N–H and O–H groups in total. The molecule has 0 spiro atoms. The highest BCUT2D eigenvalue weighted by Gasteiger charge is 2.26. The molecule has 0 atom stereocenters. The zero-order chi connectivity index (χ0) is 24.4. The number of piperidine rings is 1. The standard InChI is InChI=1S/C26H28FN5O2/c1-30(2)21-10-12-32(13-11-21)25-26(34)31(3)24(18-6-4-17(16-33)5-7-18)23(29-25)19-8-9-20(15-28)22(27)14-19/h4-9,14,21,33H,10-13,16H2,1-3H3. The van der Waals surface area contributed by atoms with Gasteiger partial charge < -0.3 is 19.5 Å². The van der Waals surface area contributed by atoms with E-state index in [4.69, 9.17) is 10.2 Å². The van der Waals surface area contributed by atoms with E-state index in [1.807, 2.05) is 23.1 Å². The van der Waals surface area contributed by atoms with Crippen LogP contribution in [0.15, 0.2) is 47.3 Å². The molecular weight excluding hydrogens is 433 g/mol. The molecule has 1 aliphatic rings. The first-order chi connectivity index (χ1) is 16.3. The van der Waals surface area contributed by atoms with Crippen LogP contribution in [-0.2, 0) is 13.7 Å². The highest BCUT2D eigenvalue weighted by atomic mass is 19.1. The Morgan fingerprint density at radius 3 is 2.35 bits per heavy atom. The lowest BCUT2D eigenvalue weighted by atomic mass is 10.0. The zero-order valence-corrected chi connectivity index (χ0v) is 19.6. The number of rotatable bonds is 5. The van der Waals surface area contributed by atoms with Crippen molar-refractivity contribution >= 4 is 5.82 Å². The lowest BCUT2D eigenvalue weighted by molar-refractivity contribution is 0.249. The summed E-state index contributed by atoms with van der Waals surface area (Å²) in [5, 5.41) is 18.5. The van der Waals surface area contributed by atoms with Crippen molar-refractivity contribution in [3.8, 4) is 28.6 Å². The maximum atomic E-state index is 14.6. The van der Waals surface area contributed by atoms with Crippen molar-refractivity contribution in [2.75, 3.05) is 32.1 Å². The van der Waals surface area contributed by atoms with Gasteiger partial charge in [-0.05, 0) is 44.6 Å². The molecule has 2 heterocycles. The molecular formula is C26H28FN5O2. The topological polar surface area (TPSA) is 85.4 Å². The molecule has 4 rings (SSSR count). The highest BCUT2D eigenvalue weighted by Crippen LogP contribution is 2.32. The minimum Gasteiger partial charge on any atom is -0.392 e. The maximum Gasteiger partial charge on any atom is 0.293 e. The van der Waals surface area contributed by atoms with E-state index in [1.165, 1.54) is 12.1 Å². The summed E-state index contributed by atoms with van der Waals surface area (Å²) in [7, 11) is 5.82. The number of aliphatic hydroxyl groups is 1. The maximum absolute atomic E-state index is 14.6. The Balaban J connectivity index is 1.87. The molecule has 0 amide bonds. The quantitative estimate of drug-likeness (QED) is 0.628. The summed E-state index contributed by atoms with van der Waals surface area (Å²) in [4.78, 5) is 22.4. The Kier molecular flexibility index (Phi) is 6.77. The molecule has 0 radical (unpaired) electrons. The number of aliphatic hydroxyl groups excluding tert-OH is 1. The first-order valence-corrected chi connectivity index (χ1v) is 11.3. The fourth-order valence-electron chi connectivity index (χ4n) is 4.47. The average Bonchev–Trinajstić information content (AvgIpc) is 2.85. The van der Waals surface area contributed by atoms with Gasteiger partial charge in [0.2, 0.25) is 0 Å².